The van der Waals surface area contributed by atoms with Crippen LogP contribution in [0.5, 0.6) is 0 Å². The van der Waals surface area contributed by atoms with Gasteiger partial charge in [-0.05, 0) is 43.5 Å². The highest BCUT2D eigenvalue weighted by Gasteiger charge is 2.08. The molecule has 0 atom stereocenters. The van der Waals surface area contributed by atoms with Crippen LogP contribution in [0, 0.1) is 6.92 Å². The Balaban J connectivity index is 2.19. The van der Waals surface area contributed by atoms with Gasteiger partial charge in [0.25, 0.3) is 0 Å². The number of benzene rings is 1. The van der Waals surface area contributed by atoms with Gasteiger partial charge >= 0.3 is 0 Å². The van der Waals surface area contributed by atoms with Crippen molar-refractivity contribution in [2.45, 2.75) is 27.2 Å². The molecule has 0 aliphatic carbocycles. The Morgan fingerprint density at radius 1 is 1.14 bits per heavy atom. The summed E-state index contributed by atoms with van der Waals surface area (Å²) in [5, 5.41) is 3.31. The molecule has 5 nitrogen and oxygen atoms in total. The van der Waals surface area contributed by atoms with Crippen molar-refractivity contribution in [2.75, 3.05) is 15.8 Å². The molecule has 1 aromatic heterocycles. The zero-order valence-electron chi connectivity index (χ0n) is 13.1. The van der Waals surface area contributed by atoms with E-state index in [1.807, 2.05) is 19.1 Å². The van der Waals surface area contributed by atoms with Gasteiger partial charge in [-0.1, -0.05) is 25.1 Å². The van der Waals surface area contributed by atoms with Crippen LogP contribution in [-0.4, -0.2) is 19.2 Å². The summed E-state index contributed by atoms with van der Waals surface area (Å²) in [6, 6.07) is 9.63. The molecule has 1 heterocycles. The summed E-state index contributed by atoms with van der Waals surface area (Å²) in [6.07, 6.45) is 2.44. The van der Waals surface area contributed by atoms with Crippen molar-refractivity contribution < 1.29 is 8.42 Å². The van der Waals surface area contributed by atoms with Crippen LogP contribution >= 0.6 is 0 Å². The average Bonchev–Trinajstić information content (AvgIpc) is 2.51. The van der Waals surface area contributed by atoms with E-state index in [4.69, 9.17) is 0 Å². The fourth-order valence-electron chi connectivity index (χ4n) is 2.11. The van der Waals surface area contributed by atoms with E-state index in [2.05, 4.69) is 28.0 Å². The van der Waals surface area contributed by atoms with E-state index in [0.717, 1.165) is 17.7 Å². The highest BCUT2D eigenvalue weighted by molar-refractivity contribution is 7.92. The van der Waals surface area contributed by atoms with E-state index in [1.54, 1.807) is 19.1 Å². The van der Waals surface area contributed by atoms with Crippen LogP contribution in [0.15, 0.2) is 36.5 Å². The first kappa shape index (κ1) is 16.3. The second-order valence-electron chi connectivity index (χ2n) is 5.03. The van der Waals surface area contributed by atoms with Crippen molar-refractivity contribution in [3.8, 4) is 0 Å². The van der Waals surface area contributed by atoms with Crippen LogP contribution < -0.4 is 10.0 Å². The molecule has 118 valence electrons. The number of rotatable bonds is 6. The lowest BCUT2D eigenvalue weighted by atomic mass is 10.1. The molecule has 0 radical (unpaired) electrons. The Labute approximate surface area is 131 Å². The van der Waals surface area contributed by atoms with Crippen molar-refractivity contribution in [3.63, 3.8) is 0 Å². The number of hydrogen-bond acceptors (Lipinski definition) is 4. The van der Waals surface area contributed by atoms with E-state index < -0.39 is 10.0 Å². The van der Waals surface area contributed by atoms with Crippen molar-refractivity contribution in [1.82, 2.24) is 4.98 Å². The van der Waals surface area contributed by atoms with Crippen LogP contribution in [0.4, 0.5) is 17.2 Å². The molecule has 0 saturated carbocycles. The van der Waals surface area contributed by atoms with Gasteiger partial charge in [-0.3, -0.25) is 4.72 Å². The fraction of sp³-hybridized carbons (Fsp3) is 0.312. The first-order valence-corrected chi connectivity index (χ1v) is 8.92. The van der Waals surface area contributed by atoms with Crippen LogP contribution in [-0.2, 0) is 16.4 Å². The first-order valence-electron chi connectivity index (χ1n) is 7.27. The van der Waals surface area contributed by atoms with Gasteiger partial charge in [0, 0.05) is 5.69 Å². The molecule has 0 aliphatic heterocycles. The zero-order valence-corrected chi connectivity index (χ0v) is 13.9. The number of para-hydroxylation sites is 1. The molecule has 0 amide bonds. The van der Waals surface area contributed by atoms with E-state index in [9.17, 15) is 8.42 Å². The average molecular weight is 319 g/mol. The molecule has 2 aromatic rings. The summed E-state index contributed by atoms with van der Waals surface area (Å²) < 4.78 is 25.5. The molecular weight excluding hydrogens is 298 g/mol. The molecule has 2 N–H and O–H groups in total. The lowest BCUT2D eigenvalue weighted by Crippen LogP contribution is -2.14. The molecule has 0 bridgehead atoms. The van der Waals surface area contributed by atoms with Gasteiger partial charge in [0.05, 0.1) is 17.6 Å². The second-order valence-corrected chi connectivity index (χ2v) is 7.04. The maximum Gasteiger partial charge on any atom is 0.232 e. The molecule has 2 rings (SSSR count). The zero-order chi connectivity index (χ0) is 16.2. The Morgan fingerprint density at radius 3 is 2.50 bits per heavy atom. The second kappa shape index (κ2) is 6.79. The van der Waals surface area contributed by atoms with Crippen molar-refractivity contribution in [1.29, 1.82) is 0 Å². The van der Waals surface area contributed by atoms with Crippen molar-refractivity contribution in [2.24, 2.45) is 0 Å². The van der Waals surface area contributed by atoms with Crippen molar-refractivity contribution >= 4 is 27.2 Å². The lowest BCUT2D eigenvalue weighted by molar-refractivity contribution is 0.602. The minimum Gasteiger partial charge on any atom is -0.340 e. The van der Waals surface area contributed by atoms with Crippen LogP contribution in [0.1, 0.15) is 25.0 Å². The van der Waals surface area contributed by atoms with Crippen LogP contribution in [0.3, 0.4) is 0 Å². The minimum atomic E-state index is -3.27. The first-order chi connectivity index (χ1) is 10.4. The minimum absolute atomic E-state index is 0.0378. The monoisotopic (exact) mass is 319 g/mol. The molecule has 1 aromatic carbocycles. The predicted molar refractivity (Wildman–Crippen MR) is 91.2 cm³/mol. The molecule has 0 aliphatic rings. The Hall–Kier alpha value is -2.08. The molecule has 0 spiro atoms. The number of pyridine rings is 1. The third kappa shape index (κ3) is 3.98. The summed E-state index contributed by atoms with van der Waals surface area (Å²) in [6.45, 7) is 5.75. The Morgan fingerprint density at radius 2 is 1.91 bits per heavy atom. The Bertz CT molecular complexity index is 740. The van der Waals surface area contributed by atoms with Crippen LogP contribution in [0.25, 0.3) is 0 Å². The smallest absolute Gasteiger partial charge is 0.232 e. The number of sulfonamides is 1. The number of anilines is 3. The van der Waals surface area contributed by atoms with E-state index in [0.29, 0.717) is 11.5 Å². The van der Waals surface area contributed by atoms with Gasteiger partial charge in [-0.2, -0.15) is 0 Å². The normalized spacial score (nSPS) is 11.2. The Kier molecular flexibility index (Phi) is 5.03. The van der Waals surface area contributed by atoms with Gasteiger partial charge in [-0.25, -0.2) is 13.4 Å². The highest BCUT2D eigenvalue weighted by Crippen LogP contribution is 2.25. The molecular formula is C16H21N3O2S. The van der Waals surface area contributed by atoms with Gasteiger partial charge in [0.2, 0.25) is 10.0 Å². The predicted octanol–water partition coefficient (Wildman–Crippen LogP) is 3.46. The number of aromatic nitrogens is 1. The van der Waals surface area contributed by atoms with Gasteiger partial charge < -0.3 is 5.32 Å². The van der Waals surface area contributed by atoms with Crippen molar-refractivity contribution in [3.05, 3.63) is 47.7 Å². The SMILES string of the molecule is CCc1cccc(C)c1Nc1ccc(NS(=O)(=O)CC)cn1. The summed E-state index contributed by atoms with van der Waals surface area (Å²) in [5.74, 6) is 0.722. The van der Waals surface area contributed by atoms with Gasteiger partial charge in [0.15, 0.2) is 0 Å². The molecule has 6 heteroatoms. The summed E-state index contributed by atoms with van der Waals surface area (Å²) >= 11 is 0. The third-order valence-electron chi connectivity index (χ3n) is 3.41. The van der Waals surface area contributed by atoms with Gasteiger partial charge in [0.1, 0.15) is 5.82 Å². The van der Waals surface area contributed by atoms with Gasteiger partial charge in [-0.15, -0.1) is 0 Å². The van der Waals surface area contributed by atoms with Crippen LogP contribution in [0.2, 0.25) is 0 Å². The largest absolute Gasteiger partial charge is 0.340 e. The highest BCUT2D eigenvalue weighted by atomic mass is 32.2. The topological polar surface area (TPSA) is 71.1 Å². The molecule has 0 saturated heterocycles. The number of hydrogen-bond donors (Lipinski definition) is 2. The number of nitrogens with zero attached hydrogens (tertiary/aromatic N) is 1. The fourth-order valence-corrected chi connectivity index (χ4v) is 2.73. The summed E-state index contributed by atoms with van der Waals surface area (Å²) in [4.78, 5) is 4.27. The number of aryl methyl sites for hydroxylation is 2. The molecule has 0 fully saturated rings. The third-order valence-corrected chi connectivity index (χ3v) is 4.72. The standard InChI is InChI=1S/C16H21N3O2S/c1-4-13-8-6-7-12(3)16(13)18-15-10-9-14(11-17-15)19-22(20,21)5-2/h6-11,19H,4-5H2,1-3H3,(H,17,18). The van der Waals surface area contributed by atoms with E-state index in [-0.39, 0.29) is 5.75 Å². The number of nitrogens with one attached hydrogen (secondary N) is 2. The molecule has 22 heavy (non-hydrogen) atoms. The lowest BCUT2D eigenvalue weighted by Gasteiger charge is -2.14. The maximum atomic E-state index is 11.5. The summed E-state index contributed by atoms with van der Waals surface area (Å²) in [5.41, 5.74) is 3.89. The summed E-state index contributed by atoms with van der Waals surface area (Å²) in [7, 11) is -3.27. The maximum absolute atomic E-state index is 11.5. The van der Waals surface area contributed by atoms with E-state index >= 15 is 0 Å². The van der Waals surface area contributed by atoms with E-state index in [1.165, 1.54) is 11.8 Å². The quantitative estimate of drug-likeness (QED) is 0.855. The molecule has 0 unspecified atom stereocenters.